The Morgan fingerprint density at radius 2 is 2.44 bits per heavy atom. The summed E-state index contributed by atoms with van der Waals surface area (Å²) < 4.78 is 1.75. The molecular weight excluding hydrogens is 230 g/mol. The van der Waals surface area contributed by atoms with E-state index in [0.717, 1.165) is 18.5 Å². The van der Waals surface area contributed by atoms with Gasteiger partial charge in [-0.25, -0.2) is 4.98 Å². The zero-order valence-electron chi connectivity index (χ0n) is 10.2. The molecule has 0 unspecified atom stereocenters. The predicted molar refractivity (Wildman–Crippen MR) is 65.0 cm³/mol. The molecule has 6 nitrogen and oxygen atoms in total. The molecule has 18 heavy (non-hydrogen) atoms. The Morgan fingerprint density at radius 1 is 1.56 bits per heavy atom. The molecule has 0 radical (unpaired) electrons. The number of aryl methyl sites for hydroxylation is 2. The number of nitrogens with one attached hydrogen (secondary N) is 2. The van der Waals surface area contributed by atoms with E-state index in [-0.39, 0.29) is 5.91 Å². The first-order valence-corrected chi connectivity index (χ1v) is 6.05. The van der Waals surface area contributed by atoms with Crippen LogP contribution in [0.1, 0.15) is 33.9 Å². The van der Waals surface area contributed by atoms with Crippen molar-refractivity contribution in [2.75, 3.05) is 0 Å². The maximum absolute atomic E-state index is 11.8. The van der Waals surface area contributed by atoms with Crippen molar-refractivity contribution in [1.29, 1.82) is 0 Å². The highest BCUT2D eigenvalue weighted by atomic mass is 16.1. The topological polar surface area (TPSA) is 75.6 Å². The Morgan fingerprint density at radius 3 is 3.22 bits per heavy atom. The zero-order valence-corrected chi connectivity index (χ0v) is 10.2. The lowest BCUT2D eigenvalue weighted by Crippen LogP contribution is -2.23. The number of H-pyrrole nitrogens is 1. The lowest BCUT2D eigenvalue weighted by atomic mass is 10.2. The van der Waals surface area contributed by atoms with Crippen LogP contribution in [0.5, 0.6) is 0 Å². The fourth-order valence-corrected chi connectivity index (χ4v) is 2.32. The second-order valence-electron chi connectivity index (χ2n) is 4.59. The SMILES string of the molecule is Cn1cnc(C(=O)NCc2n[nH]c3c2CCC3)c1. The summed E-state index contributed by atoms with van der Waals surface area (Å²) in [6.07, 6.45) is 6.60. The number of fused-ring (bicyclic) bond motifs is 1. The number of hydrogen-bond acceptors (Lipinski definition) is 3. The summed E-state index contributed by atoms with van der Waals surface area (Å²) in [4.78, 5) is 15.8. The van der Waals surface area contributed by atoms with E-state index in [1.165, 1.54) is 17.7 Å². The zero-order chi connectivity index (χ0) is 12.5. The van der Waals surface area contributed by atoms with Gasteiger partial charge in [-0.15, -0.1) is 0 Å². The van der Waals surface area contributed by atoms with Gasteiger partial charge in [-0.05, 0) is 24.8 Å². The average molecular weight is 245 g/mol. The van der Waals surface area contributed by atoms with Crippen molar-refractivity contribution in [3.05, 3.63) is 35.2 Å². The largest absolute Gasteiger partial charge is 0.345 e. The average Bonchev–Trinajstić information content (AvgIpc) is 3.02. The minimum absolute atomic E-state index is 0.162. The molecule has 3 rings (SSSR count). The van der Waals surface area contributed by atoms with E-state index >= 15 is 0 Å². The van der Waals surface area contributed by atoms with E-state index in [1.54, 1.807) is 17.1 Å². The van der Waals surface area contributed by atoms with Crippen LogP contribution < -0.4 is 5.32 Å². The second kappa shape index (κ2) is 4.29. The van der Waals surface area contributed by atoms with Crippen LogP contribution in [0, 0.1) is 0 Å². The number of carbonyl (C=O) groups excluding carboxylic acids is 1. The molecule has 0 spiro atoms. The van der Waals surface area contributed by atoms with E-state index < -0.39 is 0 Å². The summed E-state index contributed by atoms with van der Waals surface area (Å²) in [7, 11) is 1.84. The minimum atomic E-state index is -0.162. The summed E-state index contributed by atoms with van der Waals surface area (Å²) in [6.45, 7) is 0.460. The van der Waals surface area contributed by atoms with Crippen molar-refractivity contribution in [2.24, 2.45) is 7.05 Å². The molecule has 2 aromatic rings. The molecule has 0 atom stereocenters. The molecule has 0 fully saturated rings. The minimum Gasteiger partial charge on any atom is -0.345 e. The van der Waals surface area contributed by atoms with Crippen molar-refractivity contribution in [3.8, 4) is 0 Å². The first-order chi connectivity index (χ1) is 8.74. The quantitative estimate of drug-likeness (QED) is 0.829. The van der Waals surface area contributed by atoms with Gasteiger partial charge < -0.3 is 9.88 Å². The van der Waals surface area contributed by atoms with Crippen molar-refractivity contribution in [1.82, 2.24) is 25.1 Å². The number of hydrogen-bond donors (Lipinski definition) is 2. The van der Waals surface area contributed by atoms with Crippen LogP contribution in [0.4, 0.5) is 0 Å². The molecule has 0 bridgehead atoms. The Hall–Kier alpha value is -2.11. The summed E-state index contributed by atoms with van der Waals surface area (Å²) >= 11 is 0. The van der Waals surface area contributed by atoms with Crippen molar-refractivity contribution in [3.63, 3.8) is 0 Å². The van der Waals surface area contributed by atoms with E-state index in [1.807, 2.05) is 7.05 Å². The Bertz CT molecular complexity index is 583. The second-order valence-corrected chi connectivity index (χ2v) is 4.59. The van der Waals surface area contributed by atoms with Crippen molar-refractivity contribution >= 4 is 5.91 Å². The van der Waals surface area contributed by atoms with Crippen LogP contribution in [0.3, 0.4) is 0 Å². The lowest BCUT2D eigenvalue weighted by molar-refractivity contribution is 0.0945. The molecule has 0 saturated heterocycles. The van der Waals surface area contributed by atoms with Gasteiger partial charge in [-0.2, -0.15) is 5.10 Å². The van der Waals surface area contributed by atoms with Gasteiger partial charge in [-0.1, -0.05) is 0 Å². The Kier molecular flexibility index (Phi) is 2.62. The van der Waals surface area contributed by atoms with Gasteiger partial charge in [0.05, 0.1) is 18.6 Å². The molecule has 2 N–H and O–H groups in total. The van der Waals surface area contributed by atoms with Gasteiger partial charge >= 0.3 is 0 Å². The van der Waals surface area contributed by atoms with Crippen molar-refractivity contribution < 1.29 is 4.79 Å². The van der Waals surface area contributed by atoms with Gasteiger partial charge in [0.15, 0.2) is 0 Å². The number of nitrogens with zero attached hydrogens (tertiary/aromatic N) is 3. The number of carbonyl (C=O) groups is 1. The van der Waals surface area contributed by atoms with Gasteiger partial charge in [0.2, 0.25) is 0 Å². The smallest absolute Gasteiger partial charge is 0.271 e. The Balaban J connectivity index is 1.66. The number of amides is 1. The molecule has 6 heteroatoms. The fraction of sp³-hybridized carbons (Fsp3) is 0.417. The Labute approximate surface area is 104 Å². The number of rotatable bonds is 3. The number of aromatic amines is 1. The molecule has 94 valence electrons. The third-order valence-electron chi connectivity index (χ3n) is 3.25. The fourth-order valence-electron chi connectivity index (χ4n) is 2.32. The van der Waals surface area contributed by atoms with Crippen LogP contribution in [0.2, 0.25) is 0 Å². The molecule has 2 aromatic heterocycles. The van der Waals surface area contributed by atoms with E-state index in [2.05, 4.69) is 20.5 Å². The summed E-state index contributed by atoms with van der Waals surface area (Å²) in [5.41, 5.74) is 3.88. The van der Waals surface area contributed by atoms with Crippen LogP contribution in [0.25, 0.3) is 0 Å². The predicted octanol–water partition coefficient (Wildman–Crippen LogP) is 0.562. The molecule has 1 amide bonds. The lowest BCUT2D eigenvalue weighted by Gasteiger charge is -2.02. The van der Waals surface area contributed by atoms with Crippen LogP contribution in [-0.4, -0.2) is 25.7 Å². The molecule has 0 aromatic carbocycles. The van der Waals surface area contributed by atoms with E-state index in [9.17, 15) is 4.79 Å². The highest BCUT2D eigenvalue weighted by Crippen LogP contribution is 2.22. The van der Waals surface area contributed by atoms with E-state index in [0.29, 0.717) is 12.2 Å². The van der Waals surface area contributed by atoms with Crippen molar-refractivity contribution in [2.45, 2.75) is 25.8 Å². The maximum Gasteiger partial charge on any atom is 0.271 e. The molecule has 1 aliphatic carbocycles. The number of imidazole rings is 1. The maximum atomic E-state index is 11.8. The summed E-state index contributed by atoms with van der Waals surface area (Å²) in [6, 6.07) is 0. The van der Waals surface area contributed by atoms with Crippen LogP contribution >= 0.6 is 0 Å². The molecule has 0 saturated carbocycles. The highest BCUT2D eigenvalue weighted by molar-refractivity contribution is 5.91. The standard InChI is InChI=1S/C12H15N5O/c1-17-6-11(14-7-17)12(18)13-5-10-8-3-2-4-9(8)15-16-10/h6-7H,2-5H2,1H3,(H,13,18)(H,15,16). The molecule has 2 heterocycles. The van der Waals surface area contributed by atoms with Gasteiger partial charge in [0, 0.05) is 18.9 Å². The van der Waals surface area contributed by atoms with Gasteiger partial charge in [0.1, 0.15) is 5.69 Å². The van der Waals surface area contributed by atoms with Gasteiger partial charge in [-0.3, -0.25) is 9.89 Å². The first-order valence-electron chi connectivity index (χ1n) is 6.05. The van der Waals surface area contributed by atoms with Crippen LogP contribution in [0.15, 0.2) is 12.5 Å². The van der Waals surface area contributed by atoms with Gasteiger partial charge in [0.25, 0.3) is 5.91 Å². The molecule has 0 aliphatic heterocycles. The van der Waals surface area contributed by atoms with Crippen LogP contribution in [-0.2, 0) is 26.4 Å². The summed E-state index contributed by atoms with van der Waals surface area (Å²) in [5.74, 6) is -0.162. The normalized spacial score (nSPS) is 13.6. The first kappa shape index (κ1) is 11.0. The molecule has 1 aliphatic rings. The monoisotopic (exact) mass is 245 g/mol. The highest BCUT2D eigenvalue weighted by Gasteiger charge is 2.18. The number of aromatic nitrogens is 4. The third-order valence-corrected chi connectivity index (χ3v) is 3.25. The summed E-state index contributed by atoms with van der Waals surface area (Å²) in [5, 5.41) is 10.1. The molecular formula is C12H15N5O. The third kappa shape index (κ3) is 1.90. The van der Waals surface area contributed by atoms with E-state index in [4.69, 9.17) is 0 Å².